The largest absolute Gasteiger partial charge is 0.481 e. The van der Waals surface area contributed by atoms with Crippen molar-refractivity contribution >= 4 is 17.8 Å². The molecule has 1 aromatic carbocycles. The normalized spacial score (nSPS) is 17.7. The van der Waals surface area contributed by atoms with Crippen molar-refractivity contribution in [3.05, 3.63) is 66.8 Å². The van der Waals surface area contributed by atoms with Gasteiger partial charge in [-0.3, -0.25) is 14.4 Å². The molecule has 0 saturated heterocycles. The van der Waals surface area contributed by atoms with Crippen molar-refractivity contribution in [1.82, 2.24) is 20.6 Å². The molecule has 0 bridgehead atoms. The molecule has 5 atom stereocenters. The third-order valence-corrected chi connectivity index (χ3v) is 8.28. The molecule has 0 radical (unpaired) electrons. The molecular formula is C32H46N4O5. The van der Waals surface area contributed by atoms with E-state index in [0.717, 1.165) is 25.7 Å². The Morgan fingerprint density at radius 1 is 1.07 bits per heavy atom. The number of aromatic nitrogens is 2. The number of imidazole rings is 1. The first-order chi connectivity index (χ1) is 19.7. The summed E-state index contributed by atoms with van der Waals surface area (Å²) >= 11 is 0. The SMILES string of the molecule is C=C[C@@H](C[C@@H](O)[C@H](CC1CCCCC1)NC(=O)[C@H](Cc1c[nH]cn1)NC(=O)[C@H](Cc1ccccc1)C(=O)O)C(C)C. The number of H-pyrrole nitrogens is 1. The summed E-state index contributed by atoms with van der Waals surface area (Å²) in [5.41, 5.74) is 1.26. The van der Waals surface area contributed by atoms with E-state index in [-0.39, 0.29) is 24.7 Å². The average molecular weight is 567 g/mol. The standard InChI is InChI=1S/C32H46N4O5/c1-4-24(21(2)3)17-29(37)27(16-23-13-9-6-10-14-23)35-31(39)28(18-25-19-33-20-34-25)36-30(38)26(32(40)41)15-22-11-7-5-8-12-22/h4-5,7-8,11-12,19-21,23-24,26-29,37H,1,6,9-10,13-18H2,2-3H3,(H,33,34)(H,35,39)(H,36,38)(H,40,41)/t24-,26-,27-,28-,29+/m0/s1. The molecule has 9 nitrogen and oxygen atoms in total. The van der Waals surface area contributed by atoms with Gasteiger partial charge in [-0.1, -0.05) is 82.4 Å². The Morgan fingerprint density at radius 3 is 2.37 bits per heavy atom. The minimum Gasteiger partial charge on any atom is -0.481 e. The molecule has 1 heterocycles. The second-order valence-corrected chi connectivity index (χ2v) is 11.7. The zero-order valence-corrected chi connectivity index (χ0v) is 24.3. The van der Waals surface area contributed by atoms with Crippen molar-refractivity contribution in [2.45, 2.75) is 89.8 Å². The van der Waals surface area contributed by atoms with Crippen molar-refractivity contribution in [3.63, 3.8) is 0 Å². The summed E-state index contributed by atoms with van der Waals surface area (Å²) < 4.78 is 0. The molecule has 5 N–H and O–H groups in total. The maximum Gasteiger partial charge on any atom is 0.316 e. The second-order valence-electron chi connectivity index (χ2n) is 11.7. The van der Waals surface area contributed by atoms with E-state index >= 15 is 0 Å². The molecule has 0 aliphatic heterocycles. The van der Waals surface area contributed by atoms with Gasteiger partial charge in [0, 0.05) is 12.6 Å². The van der Waals surface area contributed by atoms with Crippen LogP contribution in [0, 0.1) is 23.7 Å². The van der Waals surface area contributed by atoms with Crippen molar-refractivity contribution < 1.29 is 24.6 Å². The van der Waals surface area contributed by atoms with Crippen LogP contribution in [0.25, 0.3) is 0 Å². The van der Waals surface area contributed by atoms with Crippen LogP contribution in [-0.2, 0) is 27.2 Å². The quantitative estimate of drug-likeness (QED) is 0.153. The molecule has 0 spiro atoms. The van der Waals surface area contributed by atoms with Crippen LogP contribution >= 0.6 is 0 Å². The summed E-state index contributed by atoms with van der Waals surface area (Å²) in [5, 5.41) is 26.9. The molecule has 0 unspecified atom stereocenters. The van der Waals surface area contributed by atoms with E-state index in [2.05, 4.69) is 41.0 Å². The fourth-order valence-corrected chi connectivity index (χ4v) is 5.70. The van der Waals surface area contributed by atoms with Crippen LogP contribution in [0.15, 0.2) is 55.5 Å². The number of amides is 2. The predicted molar refractivity (Wildman–Crippen MR) is 158 cm³/mol. The van der Waals surface area contributed by atoms with Gasteiger partial charge in [0.1, 0.15) is 12.0 Å². The molecule has 224 valence electrons. The third-order valence-electron chi connectivity index (χ3n) is 8.28. The topological polar surface area (TPSA) is 144 Å². The van der Waals surface area contributed by atoms with Crippen LogP contribution in [0.1, 0.15) is 70.1 Å². The number of nitrogens with zero attached hydrogens (tertiary/aromatic N) is 1. The molecule has 1 aliphatic carbocycles. The number of carbonyl (C=O) groups is 3. The van der Waals surface area contributed by atoms with E-state index in [1.165, 1.54) is 12.7 Å². The van der Waals surface area contributed by atoms with Crippen LogP contribution in [0.4, 0.5) is 0 Å². The first kappa shape index (κ1) is 32.1. The average Bonchev–Trinajstić information content (AvgIpc) is 3.47. The van der Waals surface area contributed by atoms with Crippen molar-refractivity contribution in [2.75, 3.05) is 0 Å². The number of carboxylic acids is 1. The number of carbonyl (C=O) groups excluding carboxylic acids is 2. The number of allylic oxidation sites excluding steroid dienone is 1. The molecule has 9 heteroatoms. The summed E-state index contributed by atoms with van der Waals surface area (Å²) in [5.74, 6) is -3.07. The van der Waals surface area contributed by atoms with Crippen LogP contribution in [0.3, 0.4) is 0 Å². The minimum absolute atomic E-state index is 0.0000859. The van der Waals surface area contributed by atoms with Gasteiger partial charge >= 0.3 is 5.97 Å². The number of rotatable bonds is 16. The number of aliphatic carboxylic acids is 1. The lowest BCUT2D eigenvalue weighted by Gasteiger charge is -2.33. The Bertz CT molecular complexity index is 1100. The summed E-state index contributed by atoms with van der Waals surface area (Å²) in [6.45, 7) is 8.09. The van der Waals surface area contributed by atoms with E-state index in [1.54, 1.807) is 30.5 Å². The van der Waals surface area contributed by atoms with E-state index in [9.17, 15) is 24.6 Å². The van der Waals surface area contributed by atoms with Gasteiger partial charge in [-0.25, -0.2) is 4.98 Å². The van der Waals surface area contributed by atoms with Gasteiger partial charge in [0.05, 0.1) is 24.2 Å². The van der Waals surface area contributed by atoms with Gasteiger partial charge in [0.2, 0.25) is 11.8 Å². The van der Waals surface area contributed by atoms with Gasteiger partial charge in [-0.15, -0.1) is 6.58 Å². The lowest BCUT2D eigenvalue weighted by Crippen LogP contribution is -2.55. The Hall–Kier alpha value is -3.46. The smallest absolute Gasteiger partial charge is 0.316 e. The maximum absolute atomic E-state index is 13.8. The fraction of sp³-hybridized carbons (Fsp3) is 0.562. The van der Waals surface area contributed by atoms with Gasteiger partial charge in [0.25, 0.3) is 0 Å². The van der Waals surface area contributed by atoms with Crippen LogP contribution in [0.2, 0.25) is 0 Å². The number of aromatic amines is 1. The summed E-state index contributed by atoms with van der Waals surface area (Å²) in [6.07, 6.45) is 11.0. The van der Waals surface area contributed by atoms with Gasteiger partial charge in [-0.05, 0) is 42.6 Å². The zero-order valence-electron chi connectivity index (χ0n) is 24.3. The van der Waals surface area contributed by atoms with Crippen LogP contribution in [0.5, 0.6) is 0 Å². The Labute approximate surface area is 243 Å². The van der Waals surface area contributed by atoms with Crippen molar-refractivity contribution in [1.29, 1.82) is 0 Å². The van der Waals surface area contributed by atoms with Crippen molar-refractivity contribution in [2.24, 2.45) is 23.7 Å². The Kier molecular flexibility index (Phi) is 12.6. The summed E-state index contributed by atoms with van der Waals surface area (Å²) in [6, 6.07) is 7.35. The lowest BCUT2D eigenvalue weighted by molar-refractivity contribution is -0.148. The molecule has 2 aromatic rings. The molecular weight excluding hydrogens is 520 g/mol. The second kappa shape index (κ2) is 16.1. The molecule has 41 heavy (non-hydrogen) atoms. The van der Waals surface area contributed by atoms with Gasteiger partial charge < -0.3 is 25.8 Å². The molecule has 3 rings (SSSR count). The lowest BCUT2D eigenvalue weighted by atomic mass is 9.81. The van der Waals surface area contributed by atoms with Gasteiger partial charge in [0.15, 0.2) is 0 Å². The number of carboxylic acid groups (broad SMARTS) is 1. The summed E-state index contributed by atoms with van der Waals surface area (Å²) in [7, 11) is 0. The fourth-order valence-electron chi connectivity index (χ4n) is 5.70. The molecule has 1 fully saturated rings. The number of hydrogen-bond donors (Lipinski definition) is 5. The maximum atomic E-state index is 13.8. The highest BCUT2D eigenvalue weighted by Gasteiger charge is 2.34. The minimum atomic E-state index is -1.37. The highest BCUT2D eigenvalue weighted by Crippen LogP contribution is 2.30. The first-order valence-corrected chi connectivity index (χ1v) is 14.8. The summed E-state index contributed by atoms with van der Waals surface area (Å²) in [4.78, 5) is 46.2. The monoisotopic (exact) mass is 566 g/mol. The third kappa shape index (κ3) is 10.1. The first-order valence-electron chi connectivity index (χ1n) is 14.8. The number of hydrogen-bond acceptors (Lipinski definition) is 5. The highest BCUT2D eigenvalue weighted by molar-refractivity contribution is 5.99. The number of aliphatic hydroxyl groups is 1. The number of benzene rings is 1. The molecule has 1 saturated carbocycles. The van der Waals surface area contributed by atoms with E-state index < -0.39 is 41.9 Å². The Balaban J connectivity index is 1.79. The van der Waals surface area contributed by atoms with Crippen LogP contribution in [-0.4, -0.2) is 56.2 Å². The number of aliphatic hydroxyl groups excluding tert-OH is 1. The van der Waals surface area contributed by atoms with E-state index in [1.807, 2.05) is 12.1 Å². The van der Waals surface area contributed by atoms with E-state index in [0.29, 0.717) is 30.0 Å². The molecule has 1 aliphatic rings. The predicted octanol–water partition coefficient (Wildman–Crippen LogP) is 4.04. The van der Waals surface area contributed by atoms with Crippen molar-refractivity contribution in [3.8, 4) is 0 Å². The van der Waals surface area contributed by atoms with Crippen LogP contribution < -0.4 is 10.6 Å². The highest BCUT2D eigenvalue weighted by atomic mass is 16.4. The molecule has 1 aromatic heterocycles. The van der Waals surface area contributed by atoms with Gasteiger partial charge in [-0.2, -0.15) is 0 Å². The number of nitrogens with one attached hydrogen (secondary N) is 3. The van der Waals surface area contributed by atoms with E-state index in [4.69, 9.17) is 0 Å². The molecule has 2 amide bonds. The zero-order chi connectivity index (χ0) is 29.8. The Morgan fingerprint density at radius 2 is 1.78 bits per heavy atom.